The second-order valence-electron chi connectivity index (χ2n) is 6.04. The van der Waals surface area contributed by atoms with E-state index in [0.717, 1.165) is 16.9 Å². The van der Waals surface area contributed by atoms with Gasteiger partial charge in [0, 0.05) is 29.1 Å². The summed E-state index contributed by atoms with van der Waals surface area (Å²) in [6, 6.07) is 10.8. The van der Waals surface area contributed by atoms with Gasteiger partial charge in [-0.25, -0.2) is 0 Å². The van der Waals surface area contributed by atoms with Gasteiger partial charge in [0.25, 0.3) is 0 Å². The van der Waals surface area contributed by atoms with Crippen molar-refractivity contribution in [3.05, 3.63) is 34.3 Å². The molecule has 3 atom stereocenters. The van der Waals surface area contributed by atoms with Crippen molar-refractivity contribution >= 4 is 15.9 Å². The fourth-order valence-electron chi connectivity index (χ4n) is 3.68. The number of nitrogens with one attached hydrogen (secondary N) is 1. The minimum atomic E-state index is 0.562. The van der Waals surface area contributed by atoms with E-state index in [1.165, 1.54) is 37.9 Å². The van der Waals surface area contributed by atoms with Crippen molar-refractivity contribution in [3.8, 4) is 0 Å². The molecule has 0 aromatic heterocycles. The Morgan fingerprint density at radius 3 is 2.84 bits per heavy atom. The van der Waals surface area contributed by atoms with Gasteiger partial charge in [-0.05, 0) is 56.8 Å². The van der Waals surface area contributed by atoms with Gasteiger partial charge >= 0.3 is 0 Å². The van der Waals surface area contributed by atoms with Gasteiger partial charge in [-0.15, -0.1) is 0 Å². The number of hydrogen-bond acceptors (Lipinski definition) is 2. The standard InChI is InChI=1S/C16H23BrN2/c1-12(11-13-4-6-14(17)7-5-13)18-15-8-10-19-9-2-3-16(15)19/h4-7,12,15-16,18H,2-3,8-11H2,1H3. The van der Waals surface area contributed by atoms with E-state index in [-0.39, 0.29) is 0 Å². The van der Waals surface area contributed by atoms with Gasteiger partial charge in [-0.1, -0.05) is 28.1 Å². The van der Waals surface area contributed by atoms with Gasteiger partial charge < -0.3 is 5.32 Å². The molecule has 0 spiro atoms. The average molecular weight is 323 g/mol. The summed E-state index contributed by atoms with van der Waals surface area (Å²) in [7, 11) is 0. The van der Waals surface area contributed by atoms with E-state index in [1.54, 1.807) is 0 Å². The van der Waals surface area contributed by atoms with E-state index in [9.17, 15) is 0 Å². The van der Waals surface area contributed by atoms with E-state index < -0.39 is 0 Å². The maximum Gasteiger partial charge on any atom is 0.0250 e. The maximum atomic E-state index is 3.86. The van der Waals surface area contributed by atoms with Crippen molar-refractivity contribution in [2.24, 2.45) is 0 Å². The topological polar surface area (TPSA) is 15.3 Å². The number of benzene rings is 1. The first-order valence-electron chi connectivity index (χ1n) is 7.47. The highest BCUT2D eigenvalue weighted by atomic mass is 79.9. The van der Waals surface area contributed by atoms with Gasteiger partial charge in [-0.3, -0.25) is 4.90 Å². The van der Waals surface area contributed by atoms with Crippen molar-refractivity contribution < 1.29 is 0 Å². The van der Waals surface area contributed by atoms with Gasteiger partial charge in [0.2, 0.25) is 0 Å². The highest BCUT2D eigenvalue weighted by molar-refractivity contribution is 9.10. The lowest BCUT2D eigenvalue weighted by Gasteiger charge is -2.25. The highest BCUT2D eigenvalue weighted by Gasteiger charge is 2.37. The molecule has 3 heteroatoms. The van der Waals surface area contributed by atoms with E-state index in [1.807, 2.05) is 0 Å². The SMILES string of the molecule is CC(Cc1ccc(Br)cc1)NC1CCN2CCCC12. The molecule has 2 aliphatic heterocycles. The molecule has 2 saturated heterocycles. The van der Waals surface area contributed by atoms with Crippen LogP contribution >= 0.6 is 15.9 Å². The second-order valence-corrected chi connectivity index (χ2v) is 6.95. The number of fused-ring (bicyclic) bond motifs is 1. The Bertz CT molecular complexity index is 417. The van der Waals surface area contributed by atoms with Crippen LogP contribution in [-0.4, -0.2) is 36.1 Å². The Morgan fingerprint density at radius 2 is 2.05 bits per heavy atom. The Kier molecular flexibility index (Phi) is 4.25. The number of hydrogen-bond donors (Lipinski definition) is 1. The molecule has 2 fully saturated rings. The van der Waals surface area contributed by atoms with Gasteiger partial charge in [0.1, 0.15) is 0 Å². The first kappa shape index (κ1) is 13.6. The summed E-state index contributed by atoms with van der Waals surface area (Å²) in [6.45, 7) is 4.94. The molecule has 2 nitrogen and oxygen atoms in total. The quantitative estimate of drug-likeness (QED) is 0.915. The van der Waals surface area contributed by atoms with Crippen LogP contribution in [0.1, 0.15) is 31.7 Å². The predicted octanol–water partition coefficient (Wildman–Crippen LogP) is 3.21. The summed E-state index contributed by atoms with van der Waals surface area (Å²) in [5.41, 5.74) is 1.42. The third-order valence-electron chi connectivity index (χ3n) is 4.56. The average Bonchev–Trinajstić information content (AvgIpc) is 2.97. The van der Waals surface area contributed by atoms with Crippen LogP contribution in [0.2, 0.25) is 0 Å². The molecule has 1 aromatic rings. The molecule has 3 rings (SSSR count). The normalized spacial score (nSPS) is 28.5. The zero-order chi connectivity index (χ0) is 13.2. The van der Waals surface area contributed by atoms with Crippen LogP contribution in [0.4, 0.5) is 0 Å². The minimum absolute atomic E-state index is 0.562. The first-order chi connectivity index (χ1) is 9.22. The lowest BCUT2D eigenvalue weighted by molar-refractivity contribution is 0.290. The zero-order valence-electron chi connectivity index (χ0n) is 11.6. The third-order valence-corrected chi connectivity index (χ3v) is 5.09. The molecular formula is C16H23BrN2. The molecule has 1 N–H and O–H groups in total. The lowest BCUT2D eigenvalue weighted by Crippen LogP contribution is -2.44. The van der Waals surface area contributed by atoms with Crippen LogP contribution in [0.25, 0.3) is 0 Å². The van der Waals surface area contributed by atoms with E-state index in [4.69, 9.17) is 0 Å². The molecule has 104 valence electrons. The van der Waals surface area contributed by atoms with Crippen molar-refractivity contribution in [2.45, 2.75) is 50.7 Å². The molecule has 3 unspecified atom stereocenters. The van der Waals surface area contributed by atoms with Crippen LogP contribution in [0, 0.1) is 0 Å². The molecule has 2 heterocycles. The van der Waals surface area contributed by atoms with E-state index in [2.05, 4.69) is 57.3 Å². The summed E-state index contributed by atoms with van der Waals surface area (Å²) in [5.74, 6) is 0. The summed E-state index contributed by atoms with van der Waals surface area (Å²) in [5, 5.41) is 3.86. The van der Waals surface area contributed by atoms with Crippen molar-refractivity contribution in [2.75, 3.05) is 13.1 Å². The summed E-state index contributed by atoms with van der Waals surface area (Å²) in [6.07, 6.45) is 5.23. The fraction of sp³-hybridized carbons (Fsp3) is 0.625. The number of nitrogens with zero attached hydrogens (tertiary/aromatic N) is 1. The maximum absolute atomic E-state index is 3.86. The Labute approximate surface area is 124 Å². The summed E-state index contributed by atoms with van der Waals surface area (Å²) >= 11 is 3.49. The number of rotatable bonds is 4. The van der Waals surface area contributed by atoms with Crippen LogP contribution in [0.3, 0.4) is 0 Å². The van der Waals surface area contributed by atoms with Crippen LogP contribution in [0.5, 0.6) is 0 Å². The molecule has 0 aliphatic carbocycles. The molecule has 19 heavy (non-hydrogen) atoms. The fourth-order valence-corrected chi connectivity index (χ4v) is 3.94. The minimum Gasteiger partial charge on any atom is -0.310 e. The van der Waals surface area contributed by atoms with Gasteiger partial charge in [0.15, 0.2) is 0 Å². The molecule has 1 aromatic carbocycles. The zero-order valence-corrected chi connectivity index (χ0v) is 13.2. The smallest absolute Gasteiger partial charge is 0.0250 e. The van der Waals surface area contributed by atoms with E-state index >= 15 is 0 Å². The van der Waals surface area contributed by atoms with Crippen LogP contribution in [-0.2, 0) is 6.42 Å². The van der Waals surface area contributed by atoms with Crippen LogP contribution < -0.4 is 5.32 Å². The molecule has 0 amide bonds. The van der Waals surface area contributed by atoms with Crippen molar-refractivity contribution in [1.82, 2.24) is 10.2 Å². The molecular weight excluding hydrogens is 300 g/mol. The monoisotopic (exact) mass is 322 g/mol. The van der Waals surface area contributed by atoms with Crippen molar-refractivity contribution in [1.29, 1.82) is 0 Å². The molecule has 0 saturated carbocycles. The summed E-state index contributed by atoms with van der Waals surface area (Å²) < 4.78 is 1.16. The van der Waals surface area contributed by atoms with Crippen LogP contribution in [0.15, 0.2) is 28.7 Å². The number of halogens is 1. The van der Waals surface area contributed by atoms with Crippen molar-refractivity contribution in [3.63, 3.8) is 0 Å². The third kappa shape index (κ3) is 3.21. The van der Waals surface area contributed by atoms with Gasteiger partial charge in [0.05, 0.1) is 0 Å². The largest absolute Gasteiger partial charge is 0.310 e. The second kappa shape index (κ2) is 5.94. The lowest BCUT2D eigenvalue weighted by atomic mass is 10.0. The predicted molar refractivity (Wildman–Crippen MR) is 83.4 cm³/mol. The highest BCUT2D eigenvalue weighted by Crippen LogP contribution is 2.28. The molecule has 0 bridgehead atoms. The molecule has 0 radical (unpaired) electrons. The molecule has 2 aliphatic rings. The Hall–Kier alpha value is -0.380. The Balaban J connectivity index is 1.53. The van der Waals surface area contributed by atoms with E-state index in [0.29, 0.717) is 12.1 Å². The first-order valence-corrected chi connectivity index (χ1v) is 8.26. The summed E-state index contributed by atoms with van der Waals surface area (Å²) in [4.78, 5) is 2.67. The van der Waals surface area contributed by atoms with Gasteiger partial charge in [-0.2, -0.15) is 0 Å². The Morgan fingerprint density at radius 1 is 1.26 bits per heavy atom.